The number of ether oxygens (including phenoxy) is 1. The van der Waals surface area contributed by atoms with Crippen LogP contribution in [0.15, 0.2) is 23.6 Å². The summed E-state index contributed by atoms with van der Waals surface area (Å²) in [6, 6.07) is 0. The monoisotopic (exact) mass is 151 g/mol. The highest BCUT2D eigenvalue weighted by molar-refractivity contribution is 5.33. The van der Waals surface area contributed by atoms with Crippen molar-refractivity contribution >= 4 is 0 Å². The van der Waals surface area contributed by atoms with Crippen LogP contribution in [0.5, 0.6) is 0 Å². The largest absolute Gasteiger partial charge is 0.495 e. The summed E-state index contributed by atoms with van der Waals surface area (Å²) < 4.78 is 5.19. The van der Waals surface area contributed by atoms with Crippen molar-refractivity contribution < 1.29 is 4.74 Å². The van der Waals surface area contributed by atoms with Gasteiger partial charge in [0.25, 0.3) is 0 Å². The normalized spacial score (nSPS) is 29.0. The van der Waals surface area contributed by atoms with E-state index in [4.69, 9.17) is 4.74 Å². The van der Waals surface area contributed by atoms with Crippen LogP contribution in [0.1, 0.15) is 13.3 Å². The van der Waals surface area contributed by atoms with E-state index >= 15 is 0 Å². The number of hydrogen-bond acceptors (Lipinski definition) is 2. The van der Waals surface area contributed by atoms with Crippen molar-refractivity contribution in [1.29, 1.82) is 0 Å². The van der Waals surface area contributed by atoms with E-state index in [9.17, 15) is 0 Å². The smallest absolute Gasteiger partial charge is 0.107 e. The zero-order valence-corrected chi connectivity index (χ0v) is 6.76. The molecule has 0 bridgehead atoms. The highest BCUT2D eigenvalue weighted by Crippen LogP contribution is 2.26. The SMILES string of the molecule is CC1CCNC2=COCC=C21. The van der Waals surface area contributed by atoms with Crippen molar-refractivity contribution in [3.8, 4) is 0 Å². The second-order valence-corrected chi connectivity index (χ2v) is 3.14. The highest BCUT2D eigenvalue weighted by Gasteiger charge is 2.20. The summed E-state index contributed by atoms with van der Waals surface area (Å²) in [6.07, 6.45) is 5.25. The molecule has 0 radical (unpaired) electrons. The van der Waals surface area contributed by atoms with Gasteiger partial charge in [0.1, 0.15) is 12.9 Å². The molecule has 2 rings (SSSR count). The first-order valence-corrected chi connectivity index (χ1v) is 4.14. The van der Waals surface area contributed by atoms with Crippen LogP contribution in [-0.2, 0) is 4.74 Å². The summed E-state index contributed by atoms with van der Waals surface area (Å²) in [5.41, 5.74) is 2.62. The van der Waals surface area contributed by atoms with E-state index < -0.39 is 0 Å². The Morgan fingerprint density at radius 3 is 3.36 bits per heavy atom. The van der Waals surface area contributed by atoms with Crippen LogP contribution in [0.2, 0.25) is 0 Å². The predicted octanol–water partition coefficient (Wildman–Crippen LogP) is 1.41. The van der Waals surface area contributed by atoms with Crippen LogP contribution in [0.3, 0.4) is 0 Å². The second-order valence-electron chi connectivity index (χ2n) is 3.14. The molecule has 0 aromatic rings. The lowest BCUT2D eigenvalue weighted by Crippen LogP contribution is -2.28. The minimum atomic E-state index is 0.700. The molecule has 1 fully saturated rings. The lowest BCUT2D eigenvalue weighted by Gasteiger charge is -2.28. The van der Waals surface area contributed by atoms with Crippen LogP contribution >= 0.6 is 0 Å². The van der Waals surface area contributed by atoms with Gasteiger partial charge in [-0.3, -0.25) is 0 Å². The van der Waals surface area contributed by atoms with E-state index in [2.05, 4.69) is 18.3 Å². The van der Waals surface area contributed by atoms with Gasteiger partial charge in [-0.05, 0) is 24.0 Å². The Morgan fingerprint density at radius 1 is 1.64 bits per heavy atom. The molecule has 60 valence electrons. The van der Waals surface area contributed by atoms with Crippen molar-refractivity contribution in [3.05, 3.63) is 23.6 Å². The Bertz CT molecular complexity index is 218. The first-order valence-electron chi connectivity index (χ1n) is 4.14. The molecule has 2 aliphatic rings. The lowest BCUT2D eigenvalue weighted by atomic mass is 9.91. The van der Waals surface area contributed by atoms with Gasteiger partial charge in [0.05, 0.1) is 5.70 Å². The molecule has 2 aliphatic heterocycles. The maximum atomic E-state index is 5.19. The molecule has 0 aliphatic carbocycles. The molecule has 1 unspecified atom stereocenters. The third-order valence-corrected chi connectivity index (χ3v) is 2.34. The molecular formula is C9H13NO. The number of rotatable bonds is 0. The summed E-state index contributed by atoms with van der Waals surface area (Å²) >= 11 is 0. The van der Waals surface area contributed by atoms with Crippen LogP contribution in [0.25, 0.3) is 0 Å². The third kappa shape index (κ3) is 1.13. The Labute approximate surface area is 66.9 Å². The molecule has 11 heavy (non-hydrogen) atoms. The van der Waals surface area contributed by atoms with Crippen molar-refractivity contribution in [2.24, 2.45) is 5.92 Å². The molecule has 0 aromatic carbocycles. The fraction of sp³-hybridized carbons (Fsp3) is 0.556. The number of hydrogen-bond donors (Lipinski definition) is 1. The zero-order chi connectivity index (χ0) is 7.68. The number of fused-ring (bicyclic) bond motifs is 1. The summed E-state index contributed by atoms with van der Waals surface area (Å²) in [6.45, 7) is 4.09. The van der Waals surface area contributed by atoms with Crippen molar-refractivity contribution in [1.82, 2.24) is 5.32 Å². The lowest BCUT2D eigenvalue weighted by molar-refractivity contribution is 0.271. The molecule has 0 spiro atoms. The molecule has 0 aromatic heterocycles. The molecule has 1 N–H and O–H groups in total. The van der Waals surface area contributed by atoms with Gasteiger partial charge in [-0.2, -0.15) is 0 Å². The standard InChI is InChI=1S/C9H13NO/c1-7-2-4-10-9-6-11-5-3-8(7)9/h3,6-7,10H,2,4-5H2,1H3. The third-order valence-electron chi connectivity index (χ3n) is 2.34. The van der Waals surface area contributed by atoms with E-state index in [-0.39, 0.29) is 0 Å². The first kappa shape index (κ1) is 6.77. The summed E-state index contributed by atoms with van der Waals surface area (Å²) in [7, 11) is 0. The Morgan fingerprint density at radius 2 is 2.55 bits per heavy atom. The maximum Gasteiger partial charge on any atom is 0.107 e. The Kier molecular flexibility index (Phi) is 1.60. The Hall–Kier alpha value is -0.920. The first-order chi connectivity index (χ1) is 5.38. The van der Waals surface area contributed by atoms with E-state index in [0.717, 1.165) is 13.2 Å². The quantitative estimate of drug-likeness (QED) is 0.565. The molecule has 1 saturated heterocycles. The average molecular weight is 151 g/mol. The fourth-order valence-corrected chi connectivity index (χ4v) is 1.64. The summed E-state index contributed by atoms with van der Waals surface area (Å²) in [4.78, 5) is 0. The molecule has 1 atom stereocenters. The van der Waals surface area contributed by atoms with Gasteiger partial charge in [0.2, 0.25) is 0 Å². The van der Waals surface area contributed by atoms with E-state index in [1.807, 2.05) is 6.26 Å². The zero-order valence-electron chi connectivity index (χ0n) is 6.76. The van der Waals surface area contributed by atoms with Gasteiger partial charge in [0, 0.05) is 6.54 Å². The van der Waals surface area contributed by atoms with E-state index in [1.54, 1.807) is 0 Å². The van der Waals surface area contributed by atoms with Gasteiger partial charge < -0.3 is 10.1 Å². The van der Waals surface area contributed by atoms with Gasteiger partial charge in [-0.1, -0.05) is 6.92 Å². The number of allylic oxidation sites excluding steroid dienone is 1. The van der Waals surface area contributed by atoms with Gasteiger partial charge in [0.15, 0.2) is 0 Å². The minimum absolute atomic E-state index is 0.700. The van der Waals surface area contributed by atoms with Crippen LogP contribution in [0.4, 0.5) is 0 Å². The second kappa shape index (κ2) is 2.61. The minimum Gasteiger partial charge on any atom is -0.495 e. The molecule has 2 heteroatoms. The van der Waals surface area contributed by atoms with Crippen LogP contribution in [0, 0.1) is 5.92 Å². The molecule has 2 nitrogen and oxygen atoms in total. The average Bonchev–Trinajstić information content (AvgIpc) is 2.06. The van der Waals surface area contributed by atoms with Gasteiger partial charge >= 0.3 is 0 Å². The topological polar surface area (TPSA) is 21.3 Å². The van der Waals surface area contributed by atoms with Gasteiger partial charge in [-0.15, -0.1) is 0 Å². The number of nitrogens with one attached hydrogen (secondary N) is 1. The number of piperidine rings is 1. The predicted molar refractivity (Wildman–Crippen MR) is 43.9 cm³/mol. The molecule has 0 amide bonds. The summed E-state index contributed by atoms with van der Waals surface area (Å²) in [5.74, 6) is 0.700. The molecule has 0 saturated carbocycles. The van der Waals surface area contributed by atoms with E-state index in [1.165, 1.54) is 17.7 Å². The fourth-order valence-electron chi connectivity index (χ4n) is 1.64. The summed E-state index contributed by atoms with van der Waals surface area (Å²) in [5, 5.41) is 3.32. The van der Waals surface area contributed by atoms with Crippen LogP contribution < -0.4 is 5.32 Å². The van der Waals surface area contributed by atoms with E-state index in [0.29, 0.717) is 5.92 Å². The van der Waals surface area contributed by atoms with Crippen molar-refractivity contribution in [3.63, 3.8) is 0 Å². The molecular weight excluding hydrogens is 138 g/mol. The van der Waals surface area contributed by atoms with Gasteiger partial charge in [-0.25, -0.2) is 0 Å². The van der Waals surface area contributed by atoms with Crippen molar-refractivity contribution in [2.45, 2.75) is 13.3 Å². The maximum absolute atomic E-state index is 5.19. The highest BCUT2D eigenvalue weighted by atomic mass is 16.5. The molecule has 2 heterocycles. The van der Waals surface area contributed by atoms with Crippen LogP contribution in [-0.4, -0.2) is 13.2 Å². The Balaban J connectivity index is 2.24. The van der Waals surface area contributed by atoms with Crippen molar-refractivity contribution in [2.75, 3.05) is 13.2 Å².